The summed E-state index contributed by atoms with van der Waals surface area (Å²) < 4.78 is 32.4. The fourth-order valence-electron chi connectivity index (χ4n) is 3.35. The van der Waals surface area contributed by atoms with Crippen LogP contribution >= 0.6 is 0 Å². The van der Waals surface area contributed by atoms with Crippen molar-refractivity contribution < 1.29 is 18.3 Å². The number of morpholine rings is 1. The number of halogens is 2. The summed E-state index contributed by atoms with van der Waals surface area (Å²) in [6.45, 7) is 4.24. The average molecular weight is 324 g/mol. The van der Waals surface area contributed by atoms with Gasteiger partial charge in [-0.3, -0.25) is 9.69 Å². The molecule has 126 valence electrons. The van der Waals surface area contributed by atoms with E-state index in [1.807, 2.05) is 9.80 Å². The molecule has 0 radical (unpaired) electrons. The zero-order valence-corrected chi connectivity index (χ0v) is 13.1. The average Bonchev–Trinajstić information content (AvgIpc) is 2.59. The smallest absolute Gasteiger partial charge is 0.227 e. The van der Waals surface area contributed by atoms with Crippen molar-refractivity contribution in [1.29, 1.82) is 0 Å². The lowest BCUT2D eigenvalue weighted by Crippen LogP contribution is -2.48. The van der Waals surface area contributed by atoms with Crippen molar-refractivity contribution in [2.24, 2.45) is 5.92 Å². The van der Waals surface area contributed by atoms with Gasteiger partial charge < -0.3 is 9.64 Å². The Hall–Kier alpha value is -1.53. The first-order valence-electron chi connectivity index (χ1n) is 8.17. The third-order valence-corrected chi connectivity index (χ3v) is 4.60. The van der Waals surface area contributed by atoms with Crippen molar-refractivity contribution in [3.05, 3.63) is 35.4 Å². The number of benzene rings is 1. The van der Waals surface area contributed by atoms with Gasteiger partial charge in [-0.2, -0.15) is 0 Å². The minimum atomic E-state index is -0.819. The largest absolute Gasteiger partial charge is 0.378 e. The molecule has 0 saturated carbocycles. The van der Waals surface area contributed by atoms with Crippen LogP contribution in [0.4, 0.5) is 8.78 Å². The Morgan fingerprint density at radius 3 is 2.78 bits per heavy atom. The number of ether oxygens (including phenoxy) is 1. The predicted molar refractivity (Wildman–Crippen MR) is 81.8 cm³/mol. The monoisotopic (exact) mass is 324 g/mol. The molecule has 2 saturated heterocycles. The number of likely N-dealkylation sites (tertiary alicyclic amines) is 1. The molecular formula is C17H22F2N2O2. The van der Waals surface area contributed by atoms with Crippen molar-refractivity contribution in [3.63, 3.8) is 0 Å². The molecule has 23 heavy (non-hydrogen) atoms. The second kappa shape index (κ2) is 7.36. The topological polar surface area (TPSA) is 32.8 Å². The van der Waals surface area contributed by atoms with Crippen molar-refractivity contribution in [3.8, 4) is 0 Å². The Labute approximate surface area is 135 Å². The summed E-state index contributed by atoms with van der Waals surface area (Å²) in [5.74, 6) is -1.49. The van der Waals surface area contributed by atoms with Crippen LogP contribution in [0.25, 0.3) is 0 Å². The van der Waals surface area contributed by atoms with Crippen molar-refractivity contribution in [1.82, 2.24) is 9.80 Å². The second-order valence-electron chi connectivity index (χ2n) is 6.22. The second-order valence-corrected chi connectivity index (χ2v) is 6.22. The number of piperidine rings is 1. The van der Waals surface area contributed by atoms with Gasteiger partial charge in [0.05, 0.1) is 19.1 Å². The normalized spacial score (nSPS) is 23.0. The van der Waals surface area contributed by atoms with E-state index in [9.17, 15) is 13.6 Å². The molecule has 1 amide bonds. The molecule has 1 aromatic carbocycles. The molecule has 0 aliphatic carbocycles. The van der Waals surface area contributed by atoms with Gasteiger partial charge in [-0.25, -0.2) is 8.78 Å². The molecule has 0 spiro atoms. The number of nitrogens with zero attached hydrogens (tertiary/aromatic N) is 2. The van der Waals surface area contributed by atoms with Crippen LogP contribution in [0, 0.1) is 17.6 Å². The highest BCUT2D eigenvalue weighted by molar-refractivity contribution is 5.79. The van der Waals surface area contributed by atoms with Crippen LogP contribution in [-0.4, -0.2) is 55.1 Å². The fraction of sp³-hybridized carbons (Fsp3) is 0.588. The Bertz CT molecular complexity index is 562. The summed E-state index contributed by atoms with van der Waals surface area (Å²) in [7, 11) is 0. The molecule has 0 aromatic heterocycles. The van der Waals surface area contributed by atoms with Gasteiger partial charge in [-0.15, -0.1) is 0 Å². The highest BCUT2D eigenvalue weighted by Crippen LogP contribution is 2.22. The van der Waals surface area contributed by atoms with Crippen molar-refractivity contribution in [2.45, 2.75) is 19.4 Å². The molecule has 2 aliphatic rings. The molecule has 4 nitrogen and oxygen atoms in total. The van der Waals surface area contributed by atoms with Crippen LogP contribution in [0.5, 0.6) is 0 Å². The van der Waals surface area contributed by atoms with E-state index in [-0.39, 0.29) is 11.8 Å². The summed E-state index contributed by atoms with van der Waals surface area (Å²) in [6.07, 6.45) is 1.76. The van der Waals surface area contributed by atoms with Gasteiger partial charge in [0, 0.05) is 31.7 Å². The first-order chi connectivity index (χ1) is 11.1. The summed E-state index contributed by atoms with van der Waals surface area (Å²) in [6, 6.07) is 4.25. The Morgan fingerprint density at radius 1 is 1.22 bits per heavy atom. The van der Waals surface area contributed by atoms with Crippen molar-refractivity contribution >= 4 is 5.91 Å². The van der Waals surface area contributed by atoms with E-state index >= 15 is 0 Å². The number of hydrogen-bond acceptors (Lipinski definition) is 3. The summed E-state index contributed by atoms with van der Waals surface area (Å²) >= 11 is 0. The van der Waals surface area contributed by atoms with E-state index in [4.69, 9.17) is 4.74 Å². The molecule has 1 atom stereocenters. The Kier molecular flexibility index (Phi) is 5.23. The summed E-state index contributed by atoms with van der Waals surface area (Å²) in [4.78, 5) is 16.5. The van der Waals surface area contributed by atoms with E-state index in [0.29, 0.717) is 45.0 Å². The van der Waals surface area contributed by atoms with E-state index in [2.05, 4.69) is 0 Å². The molecule has 0 bridgehead atoms. The third-order valence-electron chi connectivity index (χ3n) is 4.60. The number of carbonyl (C=O) groups is 1. The van der Waals surface area contributed by atoms with Crippen LogP contribution in [-0.2, 0) is 16.1 Å². The highest BCUT2D eigenvalue weighted by Gasteiger charge is 2.30. The number of hydrogen-bond donors (Lipinski definition) is 0. The lowest BCUT2D eigenvalue weighted by atomic mass is 9.96. The van der Waals surface area contributed by atoms with Gasteiger partial charge in [-0.05, 0) is 25.5 Å². The van der Waals surface area contributed by atoms with Gasteiger partial charge in [-0.1, -0.05) is 12.1 Å². The van der Waals surface area contributed by atoms with Crippen molar-refractivity contribution in [2.75, 3.05) is 39.4 Å². The Morgan fingerprint density at radius 2 is 2.00 bits per heavy atom. The van der Waals surface area contributed by atoms with Crippen LogP contribution in [0.3, 0.4) is 0 Å². The molecular weight excluding hydrogens is 302 g/mol. The van der Waals surface area contributed by atoms with Gasteiger partial charge in [0.2, 0.25) is 5.91 Å². The fourth-order valence-corrected chi connectivity index (χ4v) is 3.35. The van der Waals surface area contributed by atoms with Crippen LogP contribution in [0.1, 0.15) is 18.4 Å². The SMILES string of the molecule is O=C(C1CCCN(Cc2cccc(F)c2F)C1)N1CCOCC1. The molecule has 3 rings (SSSR count). The van der Waals surface area contributed by atoms with E-state index in [1.165, 1.54) is 6.07 Å². The highest BCUT2D eigenvalue weighted by atomic mass is 19.2. The number of amides is 1. The molecule has 0 N–H and O–H groups in total. The summed E-state index contributed by atoms with van der Waals surface area (Å²) in [5.41, 5.74) is 0.351. The van der Waals surface area contributed by atoms with Gasteiger partial charge >= 0.3 is 0 Å². The zero-order chi connectivity index (χ0) is 16.2. The van der Waals surface area contributed by atoms with Crippen LogP contribution < -0.4 is 0 Å². The third kappa shape index (κ3) is 3.87. The zero-order valence-electron chi connectivity index (χ0n) is 13.1. The maximum absolute atomic E-state index is 13.8. The molecule has 6 heteroatoms. The van der Waals surface area contributed by atoms with Crippen LogP contribution in [0.2, 0.25) is 0 Å². The van der Waals surface area contributed by atoms with Crippen LogP contribution in [0.15, 0.2) is 18.2 Å². The minimum Gasteiger partial charge on any atom is -0.378 e. The number of carbonyl (C=O) groups excluding carboxylic acids is 1. The molecule has 2 fully saturated rings. The van der Waals surface area contributed by atoms with Gasteiger partial charge in [0.1, 0.15) is 0 Å². The molecule has 2 aliphatic heterocycles. The van der Waals surface area contributed by atoms with Gasteiger partial charge in [0.15, 0.2) is 11.6 Å². The lowest BCUT2D eigenvalue weighted by Gasteiger charge is -2.36. The van der Waals surface area contributed by atoms with Gasteiger partial charge in [0.25, 0.3) is 0 Å². The molecule has 1 unspecified atom stereocenters. The quantitative estimate of drug-likeness (QED) is 0.853. The molecule has 1 aromatic rings. The Balaban J connectivity index is 1.61. The summed E-state index contributed by atoms with van der Waals surface area (Å²) in [5, 5.41) is 0. The predicted octanol–water partition coefficient (Wildman–Crippen LogP) is 2.04. The van der Waals surface area contributed by atoms with E-state index in [1.54, 1.807) is 6.07 Å². The maximum atomic E-state index is 13.8. The van der Waals surface area contributed by atoms with E-state index < -0.39 is 11.6 Å². The maximum Gasteiger partial charge on any atom is 0.227 e. The minimum absolute atomic E-state index is 0.0570. The first kappa shape index (κ1) is 16.3. The first-order valence-corrected chi connectivity index (χ1v) is 8.17. The molecule has 2 heterocycles. The standard InChI is InChI=1S/C17H22F2N2O2/c18-15-5-1-3-13(16(15)19)11-20-6-2-4-14(12-20)17(22)21-7-9-23-10-8-21/h1,3,5,14H,2,4,6-12H2. The number of rotatable bonds is 3. The van der Waals surface area contributed by atoms with E-state index in [0.717, 1.165) is 25.5 Å². The lowest BCUT2D eigenvalue weighted by molar-refractivity contribution is -0.141.